The molecule has 0 unspecified atom stereocenters. The van der Waals surface area contributed by atoms with Crippen molar-refractivity contribution in [1.29, 1.82) is 0 Å². The summed E-state index contributed by atoms with van der Waals surface area (Å²) in [5.74, 6) is 1.21. The first kappa shape index (κ1) is 9.76. The Bertz CT molecular complexity index is 175. The summed E-state index contributed by atoms with van der Waals surface area (Å²) in [4.78, 5) is 0. The van der Waals surface area contributed by atoms with Gasteiger partial charge in [0.25, 0.3) is 0 Å². The van der Waals surface area contributed by atoms with Crippen LogP contribution in [0.15, 0.2) is 49.0 Å². The van der Waals surface area contributed by atoms with E-state index in [1.165, 1.54) is 0 Å². The zero-order valence-electron chi connectivity index (χ0n) is 7.13. The summed E-state index contributed by atoms with van der Waals surface area (Å²) in [5.41, 5.74) is 0. The van der Waals surface area contributed by atoms with E-state index in [0.29, 0.717) is 11.5 Å². The van der Waals surface area contributed by atoms with E-state index in [9.17, 15) is 0 Å². The van der Waals surface area contributed by atoms with Gasteiger partial charge in [0, 0.05) is 0 Å². The van der Waals surface area contributed by atoms with Crippen LogP contribution >= 0.6 is 0 Å². The Kier molecular flexibility index (Phi) is 4.91. The highest BCUT2D eigenvalue weighted by molar-refractivity contribution is 5.14. The first-order valence-electron chi connectivity index (χ1n) is 3.51. The van der Waals surface area contributed by atoms with Crippen LogP contribution in [0.4, 0.5) is 0 Å². The maximum absolute atomic E-state index is 5.17. The summed E-state index contributed by atoms with van der Waals surface area (Å²) in [6.07, 6.45) is 7.31. The lowest BCUT2D eigenvalue weighted by atomic mass is 10.4. The molecule has 0 amide bonds. The molecule has 60 valence electrons. The van der Waals surface area contributed by atoms with E-state index in [0.717, 1.165) is 0 Å². The van der Waals surface area contributed by atoms with E-state index in [-0.39, 0.29) is 0 Å². The molecule has 0 heterocycles. The van der Waals surface area contributed by atoms with Crippen molar-refractivity contribution in [3.05, 3.63) is 49.0 Å². The number of hydrogen-bond acceptors (Lipinski definition) is 1. The van der Waals surface area contributed by atoms with Gasteiger partial charge in [0.05, 0.1) is 0 Å². The van der Waals surface area contributed by atoms with E-state index in [1.54, 1.807) is 12.2 Å². The van der Waals surface area contributed by atoms with Crippen molar-refractivity contribution in [3.8, 4) is 0 Å². The normalized spacial score (nSPS) is 10.7. The number of rotatable bonds is 4. The molecule has 1 nitrogen and oxygen atoms in total. The van der Waals surface area contributed by atoms with Crippen LogP contribution in [0.5, 0.6) is 0 Å². The summed E-state index contributed by atoms with van der Waals surface area (Å²) >= 11 is 0. The van der Waals surface area contributed by atoms with Crippen molar-refractivity contribution in [2.75, 3.05) is 0 Å². The molecule has 0 aliphatic heterocycles. The molecule has 1 heteroatoms. The minimum atomic E-state index is 0.607. The van der Waals surface area contributed by atoms with E-state index < -0.39 is 0 Å². The van der Waals surface area contributed by atoms with Crippen LogP contribution in [-0.2, 0) is 4.74 Å². The van der Waals surface area contributed by atoms with Crippen LogP contribution in [0.1, 0.15) is 13.8 Å². The highest BCUT2D eigenvalue weighted by Crippen LogP contribution is 2.04. The van der Waals surface area contributed by atoms with Gasteiger partial charge in [-0.3, -0.25) is 0 Å². The van der Waals surface area contributed by atoms with E-state index in [2.05, 4.69) is 13.2 Å². The molecule has 0 aliphatic carbocycles. The van der Waals surface area contributed by atoms with Gasteiger partial charge < -0.3 is 4.74 Å². The Balaban J connectivity index is 3.85. The highest BCUT2D eigenvalue weighted by atomic mass is 16.5. The van der Waals surface area contributed by atoms with Crippen molar-refractivity contribution in [2.45, 2.75) is 13.8 Å². The topological polar surface area (TPSA) is 9.23 Å². The van der Waals surface area contributed by atoms with Crippen LogP contribution < -0.4 is 0 Å². The SMILES string of the molecule is C=C(C=CC)OC(=C)C=CC. The minimum Gasteiger partial charge on any atom is -0.459 e. The Labute approximate surface area is 68.4 Å². The van der Waals surface area contributed by atoms with E-state index >= 15 is 0 Å². The highest BCUT2D eigenvalue weighted by Gasteiger charge is 1.88. The minimum absolute atomic E-state index is 0.607. The van der Waals surface area contributed by atoms with Gasteiger partial charge in [-0.15, -0.1) is 0 Å². The van der Waals surface area contributed by atoms with Gasteiger partial charge in [0.1, 0.15) is 11.5 Å². The first-order valence-corrected chi connectivity index (χ1v) is 3.51. The Morgan fingerprint density at radius 3 is 1.64 bits per heavy atom. The van der Waals surface area contributed by atoms with E-state index in [4.69, 9.17) is 4.74 Å². The maximum Gasteiger partial charge on any atom is 0.119 e. The third kappa shape index (κ3) is 5.22. The Morgan fingerprint density at radius 1 is 1.00 bits per heavy atom. The Hall–Kier alpha value is -1.24. The van der Waals surface area contributed by atoms with Crippen molar-refractivity contribution in [2.24, 2.45) is 0 Å². The average Bonchev–Trinajstić information content (AvgIpc) is 1.87. The van der Waals surface area contributed by atoms with Gasteiger partial charge in [-0.1, -0.05) is 25.3 Å². The molecule has 0 aromatic rings. The molecule has 0 aromatic carbocycles. The molecule has 0 bridgehead atoms. The molecule has 0 saturated heterocycles. The lowest BCUT2D eigenvalue weighted by Crippen LogP contribution is -1.83. The van der Waals surface area contributed by atoms with Crippen LogP contribution in [0, 0.1) is 0 Å². The molecule has 0 saturated carbocycles. The molecule has 0 spiro atoms. The van der Waals surface area contributed by atoms with Crippen LogP contribution in [0.3, 0.4) is 0 Å². The first-order chi connectivity index (χ1) is 5.20. The fraction of sp³-hybridized carbons (Fsp3) is 0.200. The molecule has 11 heavy (non-hydrogen) atoms. The van der Waals surface area contributed by atoms with Crippen molar-refractivity contribution >= 4 is 0 Å². The van der Waals surface area contributed by atoms with Gasteiger partial charge >= 0.3 is 0 Å². The van der Waals surface area contributed by atoms with Crippen molar-refractivity contribution in [1.82, 2.24) is 0 Å². The number of allylic oxidation sites excluding steroid dienone is 4. The standard InChI is InChI=1S/C10H14O/c1-5-7-9(3)11-10(4)8-6-2/h5-8H,3-4H2,1-2H3. The third-order valence-corrected chi connectivity index (χ3v) is 0.967. The van der Waals surface area contributed by atoms with Gasteiger partial charge in [0.15, 0.2) is 0 Å². The van der Waals surface area contributed by atoms with Crippen molar-refractivity contribution in [3.63, 3.8) is 0 Å². The van der Waals surface area contributed by atoms with E-state index in [1.807, 2.05) is 26.0 Å². The predicted octanol–water partition coefficient (Wildman–Crippen LogP) is 3.18. The molecule has 0 aromatic heterocycles. The van der Waals surface area contributed by atoms with Gasteiger partial charge in [0.2, 0.25) is 0 Å². The second-order valence-corrected chi connectivity index (χ2v) is 2.03. The molecule has 0 N–H and O–H groups in total. The van der Waals surface area contributed by atoms with Crippen LogP contribution in [0.2, 0.25) is 0 Å². The zero-order valence-corrected chi connectivity index (χ0v) is 7.13. The zero-order chi connectivity index (χ0) is 8.69. The van der Waals surface area contributed by atoms with Crippen LogP contribution in [-0.4, -0.2) is 0 Å². The van der Waals surface area contributed by atoms with Gasteiger partial charge in [-0.05, 0) is 26.0 Å². The smallest absolute Gasteiger partial charge is 0.119 e. The summed E-state index contributed by atoms with van der Waals surface area (Å²) in [6.45, 7) is 11.1. The molecule has 0 radical (unpaired) electrons. The summed E-state index contributed by atoms with van der Waals surface area (Å²) in [6, 6.07) is 0. The number of ether oxygens (including phenoxy) is 1. The summed E-state index contributed by atoms with van der Waals surface area (Å²) < 4.78 is 5.17. The second-order valence-electron chi connectivity index (χ2n) is 2.03. The van der Waals surface area contributed by atoms with Crippen LogP contribution in [0.25, 0.3) is 0 Å². The largest absolute Gasteiger partial charge is 0.459 e. The lowest BCUT2D eigenvalue weighted by molar-refractivity contribution is 0.340. The maximum atomic E-state index is 5.17. The molecule has 0 atom stereocenters. The average molecular weight is 150 g/mol. The molecule has 0 fully saturated rings. The van der Waals surface area contributed by atoms with Crippen molar-refractivity contribution < 1.29 is 4.74 Å². The second kappa shape index (κ2) is 5.54. The fourth-order valence-corrected chi connectivity index (χ4v) is 0.608. The van der Waals surface area contributed by atoms with Gasteiger partial charge in [-0.25, -0.2) is 0 Å². The quantitative estimate of drug-likeness (QED) is 0.441. The van der Waals surface area contributed by atoms with Gasteiger partial charge in [-0.2, -0.15) is 0 Å². The lowest BCUT2D eigenvalue weighted by Gasteiger charge is -2.02. The molecular formula is C10H14O. The number of hydrogen-bond donors (Lipinski definition) is 0. The molecule has 0 rings (SSSR count). The summed E-state index contributed by atoms with van der Waals surface area (Å²) in [5, 5.41) is 0. The molecule has 0 aliphatic rings. The monoisotopic (exact) mass is 150 g/mol. The Morgan fingerprint density at radius 2 is 1.36 bits per heavy atom. The fourth-order valence-electron chi connectivity index (χ4n) is 0.608. The third-order valence-electron chi connectivity index (χ3n) is 0.967. The predicted molar refractivity (Wildman–Crippen MR) is 49.0 cm³/mol. The molecular weight excluding hydrogens is 136 g/mol. The summed E-state index contributed by atoms with van der Waals surface area (Å²) in [7, 11) is 0.